The highest BCUT2D eigenvalue weighted by atomic mass is 79.9. The van der Waals surface area contributed by atoms with Gasteiger partial charge in [0.05, 0.1) is 12.5 Å². The molecule has 1 aliphatic carbocycles. The number of carbonyl (C=O) groups excluding carboxylic acids is 1. The summed E-state index contributed by atoms with van der Waals surface area (Å²) < 4.78 is 3.00. The molecule has 29 heavy (non-hydrogen) atoms. The molecular weight excluding hydrogens is 527 g/mol. The Bertz CT molecular complexity index is 718. The second-order valence-electron chi connectivity index (χ2n) is 7.60. The topological polar surface area (TPSA) is 78.4 Å². The van der Waals surface area contributed by atoms with Gasteiger partial charge in [0, 0.05) is 11.4 Å². The first-order valence-corrected chi connectivity index (χ1v) is 12.6. The summed E-state index contributed by atoms with van der Waals surface area (Å²) in [6.45, 7) is 3.31. The van der Waals surface area contributed by atoms with Crippen LogP contribution >= 0.6 is 62.1 Å². The molecule has 1 saturated carbocycles. The average Bonchev–Trinajstić information content (AvgIpc) is 3.18. The molecular formula is C17H24BrCl3N4O3S. The smallest absolute Gasteiger partial charge is 0.313 e. The van der Waals surface area contributed by atoms with Crippen molar-refractivity contribution in [3.05, 3.63) is 10.2 Å². The van der Waals surface area contributed by atoms with E-state index in [1.807, 2.05) is 4.90 Å². The number of rotatable bonds is 8. The molecule has 1 saturated heterocycles. The minimum atomic E-state index is -1.75. The summed E-state index contributed by atoms with van der Waals surface area (Å²) in [5.41, 5.74) is 0. The Kier molecular flexibility index (Phi) is 8.09. The number of halogens is 4. The van der Waals surface area contributed by atoms with Crippen LogP contribution in [0.2, 0.25) is 0 Å². The fraction of sp³-hybridized carbons (Fsp3) is 0.824. The molecule has 1 aromatic rings. The zero-order valence-corrected chi connectivity index (χ0v) is 20.7. The van der Waals surface area contributed by atoms with E-state index in [1.165, 1.54) is 0 Å². The van der Waals surface area contributed by atoms with Crippen molar-refractivity contribution in [2.45, 2.75) is 60.3 Å². The van der Waals surface area contributed by atoms with Crippen LogP contribution in [0.15, 0.2) is 0 Å². The standard InChI is InChI=1S/C17H24BrCl3N4O3S/c1-2-4-12(18)7-8-24-9-13(28-14(26)11-5-3-6-11)25(27,10-24)16-23-22-15(29-16)17(19,20)21/h11-13H,2-10H2,1H3. The van der Waals surface area contributed by atoms with Gasteiger partial charge < -0.3 is 9.94 Å². The number of esters is 1. The first-order chi connectivity index (χ1) is 13.6. The van der Waals surface area contributed by atoms with Gasteiger partial charge >= 0.3 is 11.1 Å². The van der Waals surface area contributed by atoms with Gasteiger partial charge in [0.1, 0.15) is 6.67 Å². The molecule has 0 spiro atoms. The maximum atomic E-state index is 13.8. The van der Waals surface area contributed by atoms with E-state index >= 15 is 0 Å². The van der Waals surface area contributed by atoms with Gasteiger partial charge in [-0.05, 0) is 37.0 Å². The van der Waals surface area contributed by atoms with Gasteiger partial charge in [-0.1, -0.05) is 75.6 Å². The van der Waals surface area contributed by atoms with Gasteiger partial charge in [-0.3, -0.25) is 9.44 Å². The summed E-state index contributed by atoms with van der Waals surface area (Å²) in [7, 11) is 0. The maximum absolute atomic E-state index is 13.8. The second kappa shape index (κ2) is 9.81. The first kappa shape index (κ1) is 23.9. The van der Waals surface area contributed by atoms with Crippen LogP contribution in [0, 0.1) is 11.1 Å². The van der Waals surface area contributed by atoms with E-state index < -0.39 is 14.7 Å². The molecule has 0 radical (unpaired) electrons. The molecule has 12 heteroatoms. The lowest BCUT2D eigenvalue weighted by Gasteiger charge is -2.39. The summed E-state index contributed by atoms with van der Waals surface area (Å²) in [6, 6.07) is 0. The molecule has 2 heterocycles. The molecule has 0 bridgehead atoms. The molecule has 164 valence electrons. The van der Waals surface area contributed by atoms with Crippen molar-refractivity contribution in [2.24, 2.45) is 5.92 Å². The molecule has 1 aliphatic heterocycles. The Morgan fingerprint density at radius 2 is 2.14 bits per heavy atom. The lowest BCUT2D eigenvalue weighted by molar-refractivity contribution is -0.161. The predicted octanol–water partition coefficient (Wildman–Crippen LogP) is 5.07. The summed E-state index contributed by atoms with van der Waals surface area (Å²) in [4.78, 5) is 14.8. The number of hydroxylamine groups is 2. The number of hydrogen-bond acceptors (Lipinski definition) is 7. The van der Waals surface area contributed by atoms with Crippen LogP contribution in [0.25, 0.3) is 0 Å². The molecule has 2 fully saturated rings. The van der Waals surface area contributed by atoms with Crippen molar-refractivity contribution in [1.82, 2.24) is 19.7 Å². The van der Waals surface area contributed by atoms with Crippen LogP contribution in [0.1, 0.15) is 50.5 Å². The fourth-order valence-electron chi connectivity index (χ4n) is 3.40. The van der Waals surface area contributed by atoms with Gasteiger partial charge in [-0.2, -0.15) is 0 Å². The number of carbonyl (C=O) groups is 1. The molecule has 3 rings (SSSR count). The maximum Gasteiger partial charge on any atom is 0.313 e. The van der Waals surface area contributed by atoms with E-state index in [9.17, 15) is 10.0 Å². The van der Waals surface area contributed by atoms with E-state index in [0.29, 0.717) is 17.9 Å². The van der Waals surface area contributed by atoms with E-state index in [4.69, 9.17) is 39.5 Å². The molecule has 7 nitrogen and oxygen atoms in total. The lowest BCUT2D eigenvalue weighted by atomic mass is 9.86. The molecule has 0 aromatic carbocycles. The molecule has 1 aromatic heterocycles. The zero-order valence-electron chi connectivity index (χ0n) is 16.0. The summed E-state index contributed by atoms with van der Waals surface area (Å²) >= 11 is 22.3. The van der Waals surface area contributed by atoms with Crippen LogP contribution in [-0.2, 0) is 13.3 Å². The Morgan fingerprint density at radius 3 is 2.69 bits per heavy atom. The Balaban J connectivity index is 1.76. The lowest BCUT2D eigenvalue weighted by Crippen LogP contribution is -2.51. The van der Waals surface area contributed by atoms with Crippen LogP contribution in [0.5, 0.6) is 0 Å². The number of ether oxygens (including phenoxy) is 1. The third-order valence-corrected chi connectivity index (χ3v) is 8.26. The van der Waals surface area contributed by atoms with Gasteiger partial charge in [0.2, 0.25) is 3.79 Å². The van der Waals surface area contributed by atoms with Crippen molar-refractivity contribution < 1.29 is 9.53 Å². The largest absolute Gasteiger partial charge is 0.622 e. The van der Waals surface area contributed by atoms with E-state index in [-0.39, 0.29) is 28.7 Å². The van der Waals surface area contributed by atoms with Crippen molar-refractivity contribution in [3.63, 3.8) is 0 Å². The van der Waals surface area contributed by atoms with Crippen LogP contribution < -0.4 is 4.65 Å². The molecule has 2 aliphatic rings. The normalized spacial score (nSPS) is 27.0. The predicted molar refractivity (Wildman–Crippen MR) is 120 cm³/mol. The number of nitrogens with zero attached hydrogens (tertiary/aromatic N) is 4. The second-order valence-corrected chi connectivity index (χ2v) is 12.1. The van der Waals surface area contributed by atoms with Crippen molar-refractivity contribution in [1.29, 1.82) is 0 Å². The molecule has 3 unspecified atom stereocenters. The Morgan fingerprint density at radius 1 is 1.41 bits per heavy atom. The number of hydrogen-bond donors (Lipinski definition) is 0. The third-order valence-electron chi connectivity index (χ3n) is 5.32. The van der Waals surface area contributed by atoms with Gasteiger partial charge in [-0.25, -0.2) is 4.90 Å². The Hall–Kier alpha value is 0.260. The highest BCUT2D eigenvalue weighted by Gasteiger charge is 2.48. The average molecular weight is 551 g/mol. The first-order valence-electron chi connectivity index (χ1n) is 9.70. The van der Waals surface area contributed by atoms with Crippen LogP contribution in [0.4, 0.5) is 5.13 Å². The van der Waals surface area contributed by atoms with Crippen molar-refractivity contribution >= 4 is 73.2 Å². The Labute approximate surface area is 197 Å². The van der Waals surface area contributed by atoms with E-state index in [1.54, 1.807) is 0 Å². The minimum Gasteiger partial charge on any atom is -0.622 e. The molecule has 3 atom stereocenters. The van der Waals surface area contributed by atoms with E-state index in [0.717, 1.165) is 49.9 Å². The minimum absolute atomic E-state index is 0.111. The van der Waals surface area contributed by atoms with Gasteiger partial charge in [-0.15, -0.1) is 5.10 Å². The van der Waals surface area contributed by atoms with Gasteiger partial charge in [0.25, 0.3) is 6.23 Å². The highest BCUT2D eigenvalue weighted by molar-refractivity contribution is 9.09. The monoisotopic (exact) mass is 548 g/mol. The number of alkyl halides is 4. The highest BCUT2D eigenvalue weighted by Crippen LogP contribution is 2.44. The molecule has 0 amide bonds. The molecule has 0 N–H and O–H groups in total. The van der Waals surface area contributed by atoms with E-state index in [2.05, 4.69) is 33.1 Å². The number of aromatic nitrogens is 2. The number of quaternary nitrogens is 1. The summed E-state index contributed by atoms with van der Waals surface area (Å²) in [6.07, 6.45) is 4.78. The summed E-state index contributed by atoms with van der Waals surface area (Å²) in [5, 5.41) is 21.9. The SMILES string of the molecule is CCCC(Br)CCN1CC(OC(=O)C2CCC2)[N+]([O-])(c2nnc(C(Cl)(Cl)Cl)s2)C1. The fourth-order valence-corrected chi connectivity index (χ4v) is 5.31. The van der Waals surface area contributed by atoms with Gasteiger partial charge in [0.15, 0.2) is 5.01 Å². The van der Waals surface area contributed by atoms with Crippen molar-refractivity contribution in [3.8, 4) is 0 Å². The van der Waals surface area contributed by atoms with Crippen LogP contribution in [-0.4, -0.2) is 51.9 Å². The van der Waals surface area contributed by atoms with Crippen LogP contribution in [0.3, 0.4) is 0 Å². The summed E-state index contributed by atoms with van der Waals surface area (Å²) in [5.74, 6) is -0.419. The zero-order chi connectivity index (χ0) is 21.2. The quantitative estimate of drug-likeness (QED) is 0.195. The third kappa shape index (κ3) is 5.74. The van der Waals surface area contributed by atoms with Crippen molar-refractivity contribution in [2.75, 3.05) is 19.8 Å².